The second-order valence-electron chi connectivity index (χ2n) is 7.69. The van der Waals surface area contributed by atoms with E-state index in [9.17, 15) is 0 Å². The van der Waals surface area contributed by atoms with Gasteiger partial charge >= 0.3 is 0 Å². The molecule has 172 valence electrons. The summed E-state index contributed by atoms with van der Waals surface area (Å²) in [5.74, 6) is 1.31. The summed E-state index contributed by atoms with van der Waals surface area (Å²) < 4.78 is 7.62. The van der Waals surface area contributed by atoms with Gasteiger partial charge in [-0.25, -0.2) is 9.67 Å². The Bertz CT molecular complexity index is 1210. The van der Waals surface area contributed by atoms with Crippen LogP contribution in [0, 0.1) is 20.8 Å². The molecule has 0 amide bonds. The number of halogens is 1. The molecule has 2 N–H and O–H groups in total. The minimum Gasteiger partial charge on any atom is -0.444 e. The summed E-state index contributed by atoms with van der Waals surface area (Å²) in [6.45, 7) is 7.31. The molecule has 4 rings (SSSR count). The van der Waals surface area contributed by atoms with Gasteiger partial charge in [-0.2, -0.15) is 5.10 Å². The number of hydrogen-bond donors (Lipinski definition) is 2. The van der Waals surface area contributed by atoms with Crippen LogP contribution in [0.5, 0.6) is 0 Å². The molecule has 0 atom stereocenters. The zero-order chi connectivity index (χ0) is 22.5. The molecule has 0 unspecified atom stereocenters. The van der Waals surface area contributed by atoms with Crippen LogP contribution in [0.4, 0.5) is 0 Å². The van der Waals surface area contributed by atoms with Crippen LogP contribution in [-0.4, -0.2) is 27.8 Å². The molecule has 7 nitrogen and oxygen atoms in total. The highest BCUT2D eigenvalue weighted by Crippen LogP contribution is 2.19. The van der Waals surface area contributed by atoms with Gasteiger partial charge in [0.25, 0.3) is 0 Å². The SMILES string of the molecule is CN=C(NCc1coc(-c2ccc(C)cc2)n1)NCc1c(C)nn(-c2ccccc2)c1C.I. The van der Waals surface area contributed by atoms with Crippen LogP contribution >= 0.6 is 24.0 Å². The minimum absolute atomic E-state index is 0. The van der Waals surface area contributed by atoms with Crippen LogP contribution in [0.2, 0.25) is 0 Å². The van der Waals surface area contributed by atoms with Crippen molar-refractivity contribution >= 4 is 29.9 Å². The summed E-state index contributed by atoms with van der Waals surface area (Å²) >= 11 is 0. The van der Waals surface area contributed by atoms with Gasteiger partial charge in [0.1, 0.15) is 6.26 Å². The fourth-order valence-electron chi connectivity index (χ4n) is 3.54. The third-order valence-electron chi connectivity index (χ3n) is 5.39. The summed E-state index contributed by atoms with van der Waals surface area (Å²) in [5.41, 5.74) is 7.29. The second kappa shape index (κ2) is 11.1. The highest BCUT2D eigenvalue weighted by molar-refractivity contribution is 14.0. The van der Waals surface area contributed by atoms with Crippen molar-refractivity contribution in [2.75, 3.05) is 7.05 Å². The maximum absolute atomic E-state index is 5.64. The monoisotopic (exact) mass is 556 g/mol. The Labute approximate surface area is 211 Å². The van der Waals surface area contributed by atoms with Crippen molar-refractivity contribution in [1.29, 1.82) is 0 Å². The predicted octanol–water partition coefficient (Wildman–Crippen LogP) is 4.94. The van der Waals surface area contributed by atoms with E-state index in [-0.39, 0.29) is 24.0 Å². The highest BCUT2D eigenvalue weighted by atomic mass is 127. The lowest BCUT2D eigenvalue weighted by Crippen LogP contribution is -2.36. The summed E-state index contributed by atoms with van der Waals surface area (Å²) in [6.07, 6.45) is 1.67. The smallest absolute Gasteiger partial charge is 0.226 e. The summed E-state index contributed by atoms with van der Waals surface area (Å²) in [7, 11) is 1.75. The Kier molecular flexibility index (Phi) is 8.26. The third kappa shape index (κ3) is 5.81. The minimum atomic E-state index is 0. The zero-order valence-corrected chi connectivity index (χ0v) is 21.6. The van der Waals surface area contributed by atoms with Crippen molar-refractivity contribution in [3.63, 3.8) is 0 Å². The van der Waals surface area contributed by atoms with Gasteiger partial charge in [-0.15, -0.1) is 24.0 Å². The quantitative estimate of drug-likeness (QED) is 0.200. The summed E-state index contributed by atoms with van der Waals surface area (Å²) in [6, 6.07) is 18.3. The molecule has 0 bridgehead atoms. The highest BCUT2D eigenvalue weighted by Gasteiger charge is 2.13. The van der Waals surface area contributed by atoms with Gasteiger partial charge in [-0.05, 0) is 45.0 Å². The number of aryl methyl sites for hydroxylation is 2. The Morgan fingerprint density at radius 3 is 2.36 bits per heavy atom. The average molecular weight is 556 g/mol. The van der Waals surface area contributed by atoms with Crippen LogP contribution in [0.15, 0.2) is 70.3 Å². The molecule has 0 fully saturated rings. The maximum Gasteiger partial charge on any atom is 0.226 e. The summed E-state index contributed by atoms with van der Waals surface area (Å²) in [4.78, 5) is 8.90. The van der Waals surface area contributed by atoms with Crippen molar-refractivity contribution < 1.29 is 4.42 Å². The van der Waals surface area contributed by atoms with Gasteiger partial charge in [0, 0.05) is 30.4 Å². The zero-order valence-electron chi connectivity index (χ0n) is 19.3. The predicted molar refractivity (Wildman–Crippen MR) is 142 cm³/mol. The fourth-order valence-corrected chi connectivity index (χ4v) is 3.54. The van der Waals surface area contributed by atoms with Gasteiger partial charge in [0.2, 0.25) is 5.89 Å². The lowest BCUT2D eigenvalue weighted by atomic mass is 10.1. The molecule has 4 aromatic rings. The first-order chi connectivity index (χ1) is 15.5. The average Bonchev–Trinajstić information content (AvgIpc) is 3.40. The Hall–Kier alpha value is -3.14. The number of aromatic nitrogens is 3. The van der Waals surface area contributed by atoms with E-state index < -0.39 is 0 Å². The molecule has 0 aliphatic rings. The number of nitrogens with one attached hydrogen (secondary N) is 2. The van der Waals surface area contributed by atoms with Crippen molar-refractivity contribution in [2.45, 2.75) is 33.9 Å². The van der Waals surface area contributed by atoms with Crippen molar-refractivity contribution in [1.82, 2.24) is 25.4 Å². The molecule has 33 heavy (non-hydrogen) atoms. The first-order valence-corrected chi connectivity index (χ1v) is 10.6. The van der Waals surface area contributed by atoms with E-state index in [4.69, 9.17) is 9.52 Å². The van der Waals surface area contributed by atoms with E-state index in [1.54, 1.807) is 13.3 Å². The largest absolute Gasteiger partial charge is 0.444 e. The van der Waals surface area contributed by atoms with Crippen molar-refractivity contribution in [3.05, 3.63) is 89.1 Å². The first-order valence-electron chi connectivity index (χ1n) is 10.6. The number of benzene rings is 2. The van der Waals surface area contributed by atoms with Gasteiger partial charge in [-0.1, -0.05) is 35.9 Å². The molecule has 0 radical (unpaired) electrons. The van der Waals surface area contributed by atoms with Crippen LogP contribution < -0.4 is 10.6 Å². The van der Waals surface area contributed by atoms with Crippen molar-refractivity contribution in [2.24, 2.45) is 4.99 Å². The Morgan fingerprint density at radius 2 is 1.67 bits per heavy atom. The number of aliphatic imine (C=N–C) groups is 1. The molecule has 0 aliphatic carbocycles. The number of hydrogen-bond acceptors (Lipinski definition) is 4. The molecular formula is C25H29IN6O. The summed E-state index contributed by atoms with van der Waals surface area (Å²) in [5, 5.41) is 11.4. The second-order valence-corrected chi connectivity index (χ2v) is 7.69. The van der Waals surface area contributed by atoms with Gasteiger partial charge in [-0.3, -0.25) is 4.99 Å². The van der Waals surface area contributed by atoms with E-state index >= 15 is 0 Å². The van der Waals surface area contributed by atoms with E-state index in [2.05, 4.69) is 46.6 Å². The maximum atomic E-state index is 5.64. The molecule has 0 saturated heterocycles. The molecule has 0 spiro atoms. The van der Waals surface area contributed by atoms with Crippen molar-refractivity contribution in [3.8, 4) is 17.1 Å². The van der Waals surface area contributed by atoms with Crippen LogP contribution in [0.1, 0.15) is 28.2 Å². The van der Waals surface area contributed by atoms with E-state index in [1.165, 1.54) is 5.56 Å². The third-order valence-corrected chi connectivity index (χ3v) is 5.39. The van der Waals surface area contributed by atoms with Gasteiger partial charge in [0.05, 0.1) is 23.6 Å². The topological polar surface area (TPSA) is 80.3 Å². The van der Waals surface area contributed by atoms with Crippen LogP contribution in [-0.2, 0) is 13.1 Å². The number of rotatable bonds is 6. The molecule has 2 aromatic carbocycles. The molecule has 8 heteroatoms. The molecular weight excluding hydrogens is 527 g/mol. The molecule has 0 saturated carbocycles. The van der Waals surface area contributed by atoms with Gasteiger partial charge in [0.15, 0.2) is 5.96 Å². The number of oxazole rings is 1. The Balaban J connectivity index is 0.00000306. The van der Waals surface area contributed by atoms with Crippen LogP contribution in [0.3, 0.4) is 0 Å². The lowest BCUT2D eigenvalue weighted by Gasteiger charge is -2.11. The molecule has 2 heterocycles. The van der Waals surface area contributed by atoms with E-state index in [1.807, 2.05) is 54.1 Å². The standard InChI is InChI=1S/C25H28N6O.HI/c1-17-10-12-20(13-11-17)24-29-21(16-32-24)14-27-25(26-4)28-15-23-18(2)30-31(19(23)3)22-8-6-5-7-9-22;/h5-13,16H,14-15H2,1-4H3,(H2,26,27,28);1H. The normalized spacial score (nSPS) is 11.2. The van der Waals surface area contributed by atoms with Crippen LogP contribution in [0.25, 0.3) is 17.1 Å². The number of nitrogens with zero attached hydrogens (tertiary/aromatic N) is 4. The fraction of sp³-hybridized carbons (Fsp3) is 0.240. The Morgan fingerprint density at radius 1 is 0.970 bits per heavy atom. The van der Waals surface area contributed by atoms with E-state index in [0.717, 1.165) is 33.9 Å². The molecule has 0 aliphatic heterocycles. The number of guanidine groups is 1. The molecule has 2 aromatic heterocycles. The lowest BCUT2D eigenvalue weighted by molar-refractivity contribution is 0.572. The van der Waals surface area contributed by atoms with E-state index in [0.29, 0.717) is 24.9 Å². The number of para-hydroxylation sites is 1. The van der Waals surface area contributed by atoms with Gasteiger partial charge < -0.3 is 15.1 Å². The first kappa shape index (κ1) is 24.5.